The minimum Gasteiger partial charge on any atom is -0.351 e. The predicted octanol–water partition coefficient (Wildman–Crippen LogP) is 3.70. The van der Waals surface area contributed by atoms with Gasteiger partial charge in [-0.2, -0.15) is 0 Å². The Balaban J connectivity index is 2.65. The zero-order chi connectivity index (χ0) is 20.2. The molecule has 1 amide bonds. The summed E-state index contributed by atoms with van der Waals surface area (Å²) in [5.41, 5.74) is 0.150. The average Bonchev–Trinajstić information content (AvgIpc) is 2.40. The minimum atomic E-state index is -3.51. The highest BCUT2D eigenvalue weighted by Gasteiger charge is 2.27. The molecular weight excluding hydrogens is 355 g/mol. The van der Waals surface area contributed by atoms with Crippen molar-refractivity contribution in [2.24, 2.45) is 5.41 Å². The minimum absolute atomic E-state index is 0.0897. The zero-order valence-electron chi connectivity index (χ0n) is 16.6. The van der Waals surface area contributed by atoms with Crippen molar-refractivity contribution in [1.29, 1.82) is 0 Å². The van der Waals surface area contributed by atoms with Crippen LogP contribution in [-0.4, -0.2) is 32.7 Å². The lowest BCUT2D eigenvalue weighted by molar-refractivity contribution is -0.123. The molecule has 26 heavy (non-hydrogen) atoms. The summed E-state index contributed by atoms with van der Waals surface area (Å²) in [6.07, 6.45) is 2.53. The van der Waals surface area contributed by atoms with Gasteiger partial charge in [-0.3, -0.25) is 9.10 Å². The van der Waals surface area contributed by atoms with Crippen molar-refractivity contribution < 1.29 is 17.6 Å². The zero-order valence-corrected chi connectivity index (χ0v) is 17.4. The molecule has 0 saturated carbocycles. The second-order valence-electron chi connectivity index (χ2n) is 8.58. The molecule has 0 radical (unpaired) electrons. The highest BCUT2D eigenvalue weighted by Crippen LogP contribution is 2.27. The first-order valence-electron chi connectivity index (χ1n) is 8.74. The van der Waals surface area contributed by atoms with Gasteiger partial charge < -0.3 is 5.32 Å². The van der Waals surface area contributed by atoms with Gasteiger partial charge in [0.1, 0.15) is 5.82 Å². The van der Waals surface area contributed by atoms with Gasteiger partial charge in [-0.25, -0.2) is 12.8 Å². The fourth-order valence-corrected chi connectivity index (χ4v) is 4.25. The van der Waals surface area contributed by atoms with Crippen molar-refractivity contribution in [2.75, 3.05) is 17.1 Å². The maximum Gasteiger partial charge on any atom is 0.232 e. The van der Waals surface area contributed by atoms with E-state index in [-0.39, 0.29) is 29.8 Å². The Morgan fingerprint density at radius 2 is 1.65 bits per heavy atom. The van der Waals surface area contributed by atoms with Crippen LogP contribution in [0.5, 0.6) is 0 Å². The number of nitrogens with zero attached hydrogens (tertiary/aromatic N) is 1. The quantitative estimate of drug-likeness (QED) is 0.741. The molecule has 7 heteroatoms. The van der Waals surface area contributed by atoms with Gasteiger partial charge in [0.25, 0.3) is 0 Å². The molecular formula is C19H31FN2O3S. The van der Waals surface area contributed by atoms with E-state index in [0.29, 0.717) is 12.1 Å². The van der Waals surface area contributed by atoms with Gasteiger partial charge in [0.05, 0.1) is 11.9 Å². The standard InChI is InChI=1S/C19H31FN2O3S/c1-18(2,3)14-19(4,5)21-17(23)8-7-13-22(26(6,24)25)16-11-9-15(20)10-12-16/h9-12H,7-8,13-14H2,1-6H3,(H,21,23). The molecule has 0 heterocycles. The van der Waals surface area contributed by atoms with E-state index in [0.717, 1.165) is 12.7 Å². The molecule has 1 rings (SSSR count). The highest BCUT2D eigenvalue weighted by atomic mass is 32.2. The van der Waals surface area contributed by atoms with Gasteiger partial charge in [0.2, 0.25) is 15.9 Å². The number of amides is 1. The predicted molar refractivity (Wildman–Crippen MR) is 104 cm³/mol. The van der Waals surface area contributed by atoms with E-state index < -0.39 is 15.8 Å². The number of hydrogen-bond donors (Lipinski definition) is 1. The molecule has 0 fully saturated rings. The summed E-state index contributed by atoms with van der Waals surface area (Å²) in [5.74, 6) is -0.533. The number of rotatable bonds is 8. The van der Waals surface area contributed by atoms with E-state index in [4.69, 9.17) is 0 Å². The SMILES string of the molecule is CC(C)(C)CC(C)(C)NC(=O)CCCN(c1ccc(F)cc1)S(C)(=O)=O. The van der Waals surface area contributed by atoms with Crippen molar-refractivity contribution >= 4 is 21.6 Å². The fourth-order valence-electron chi connectivity index (χ4n) is 3.29. The molecule has 0 aliphatic heterocycles. The van der Waals surface area contributed by atoms with Crippen LogP contribution in [0.1, 0.15) is 53.9 Å². The Labute approximate surface area is 157 Å². The normalized spacial score (nSPS) is 12.7. The second-order valence-corrected chi connectivity index (χ2v) is 10.5. The first-order chi connectivity index (χ1) is 11.7. The molecule has 0 saturated heterocycles. The van der Waals surface area contributed by atoms with Crippen molar-refractivity contribution in [1.82, 2.24) is 5.32 Å². The Morgan fingerprint density at radius 3 is 2.12 bits per heavy atom. The second kappa shape index (κ2) is 8.37. The van der Waals surface area contributed by atoms with Crippen LogP contribution >= 0.6 is 0 Å². The van der Waals surface area contributed by atoms with E-state index in [1.54, 1.807) is 0 Å². The first-order valence-corrected chi connectivity index (χ1v) is 10.6. The largest absolute Gasteiger partial charge is 0.351 e. The summed E-state index contributed by atoms with van der Waals surface area (Å²) in [6, 6.07) is 5.27. The lowest BCUT2D eigenvalue weighted by Crippen LogP contribution is -2.46. The number of nitrogens with one attached hydrogen (secondary N) is 1. The topological polar surface area (TPSA) is 66.5 Å². The van der Waals surface area contributed by atoms with Gasteiger partial charge >= 0.3 is 0 Å². The highest BCUT2D eigenvalue weighted by molar-refractivity contribution is 7.92. The molecule has 1 aromatic rings. The number of carbonyl (C=O) groups is 1. The molecule has 0 unspecified atom stereocenters. The van der Waals surface area contributed by atoms with Crippen LogP contribution in [0.2, 0.25) is 0 Å². The third-order valence-electron chi connectivity index (χ3n) is 3.73. The maximum absolute atomic E-state index is 13.1. The van der Waals surface area contributed by atoms with Gasteiger partial charge in [0.15, 0.2) is 0 Å². The monoisotopic (exact) mass is 386 g/mol. The number of carbonyl (C=O) groups excluding carboxylic acids is 1. The van der Waals surface area contributed by atoms with E-state index >= 15 is 0 Å². The third kappa shape index (κ3) is 8.17. The molecule has 0 spiro atoms. The van der Waals surface area contributed by atoms with Crippen molar-refractivity contribution in [3.63, 3.8) is 0 Å². The molecule has 5 nitrogen and oxygen atoms in total. The molecule has 1 aromatic carbocycles. The summed E-state index contributed by atoms with van der Waals surface area (Å²) >= 11 is 0. The number of benzene rings is 1. The Morgan fingerprint density at radius 1 is 1.12 bits per heavy atom. The van der Waals surface area contributed by atoms with Crippen molar-refractivity contribution in [3.05, 3.63) is 30.1 Å². The molecule has 0 aromatic heterocycles. The van der Waals surface area contributed by atoms with Crippen LogP contribution in [0.25, 0.3) is 0 Å². The van der Waals surface area contributed by atoms with Crippen LogP contribution in [0.15, 0.2) is 24.3 Å². The average molecular weight is 387 g/mol. The molecule has 0 bridgehead atoms. The van der Waals surface area contributed by atoms with Crippen LogP contribution in [-0.2, 0) is 14.8 Å². The van der Waals surface area contributed by atoms with E-state index in [1.165, 1.54) is 28.6 Å². The molecule has 148 valence electrons. The Bertz CT molecular complexity index is 707. The number of halogens is 1. The van der Waals surface area contributed by atoms with Crippen LogP contribution in [0, 0.1) is 11.2 Å². The third-order valence-corrected chi connectivity index (χ3v) is 4.92. The van der Waals surface area contributed by atoms with Gasteiger partial charge in [0, 0.05) is 18.5 Å². The molecule has 1 N–H and O–H groups in total. The summed E-state index contributed by atoms with van der Waals surface area (Å²) in [5, 5.41) is 3.02. The van der Waals surface area contributed by atoms with Gasteiger partial charge in [-0.1, -0.05) is 20.8 Å². The summed E-state index contributed by atoms with van der Waals surface area (Å²) < 4.78 is 38.3. The fraction of sp³-hybridized carbons (Fsp3) is 0.632. The van der Waals surface area contributed by atoms with Crippen LogP contribution in [0.4, 0.5) is 10.1 Å². The molecule has 0 atom stereocenters. The lowest BCUT2D eigenvalue weighted by Gasteiger charge is -2.33. The Hall–Kier alpha value is -1.63. The number of hydrogen-bond acceptors (Lipinski definition) is 3. The van der Waals surface area contributed by atoms with Gasteiger partial charge in [-0.15, -0.1) is 0 Å². The maximum atomic E-state index is 13.1. The van der Waals surface area contributed by atoms with Gasteiger partial charge in [-0.05, 0) is 56.4 Å². The summed E-state index contributed by atoms with van der Waals surface area (Å²) in [6.45, 7) is 10.5. The first kappa shape index (κ1) is 22.4. The van der Waals surface area contributed by atoms with E-state index in [9.17, 15) is 17.6 Å². The van der Waals surface area contributed by atoms with E-state index in [1.807, 2.05) is 13.8 Å². The number of anilines is 1. The number of sulfonamides is 1. The van der Waals surface area contributed by atoms with E-state index in [2.05, 4.69) is 26.1 Å². The van der Waals surface area contributed by atoms with Crippen molar-refractivity contribution in [2.45, 2.75) is 59.4 Å². The van der Waals surface area contributed by atoms with Crippen molar-refractivity contribution in [3.8, 4) is 0 Å². The summed E-state index contributed by atoms with van der Waals surface area (Å²) in [4.78, 5) is 12.2. The molecule has 0 aliphatic rings. The van der Waals surface area contributed by atoms with Crippen LogP contribution in [0.3, 0.4) is 0 Å². The van der Waals surface area contributed by atoms with Crippen LogP contribution < -0.4 is 9.62 Å². The lowest BCUT2D eigenvalue weighted by atomic mass is 9.82. The smallest absolute Gasteiger partial charge is 0.232 e. The summed E-state index contributed by atoms with van der Waals surface area (Å²) in [7, 11) is -3.51. The molecule has 0 aliphatic carbocycles. The Kier molecular flexibility index (Phi) is 7.22.